The number of anilines is 1. The Kier molecular flexibility index (Phi) is 5.31. The summed E-state index contributed by atoms with van der Waals surface area (Å²) in [6.45, 7) is 3.71. The van der Waals surface area contributed by atoms with Gasteiger partial charge in [0, 0.05) is 10.2 Å². The van der Waals surface area contributed by atoms with Crippen molar-refractivity contribution in [3.63, 3.8) is 0 Å². The summed E-state index contributed by atoms with van der Waals surface area (Å²) in [5.41, 5.74) is 2.17. The van der Waals surface area contributed by atoms with Crippen molar-refractivity contribution in [1.29, 1.82) is 0 Å². The number of amides is 1. The van der Waals surface area contributed by atoms with E-state index >= 15 is 0 Å². The maximum absolute atomic E-state index is 12.7. The molecule has 0 saturated heterocycles. The number of benzene rings is 1. The number of nitrogens with one attached hydrogen (secondary N) is 2. The molecule has 2 N–H and O–H groups in total. The lowest BCUT2D eigenvalue weighted by atomic mass is 10.2. The summed E-state index contributed by atoms with van der Waals surface area (Å²) in [5.74, 6) is 1.03. The molecule has 1 amide bonds. The van der Waals surface area contributed by atoms with Crippen molar-refractivity contribution in [2.75, 3.05) is 11.6 Å². The van der Waals surface area contributed by atoms with E-state index in [1.807, 2.05) is 31.4 Å². The third kappa shape index (κ3) is 3.65. The summed E-state index contributed by atoms with van der Waals surface area (Å²) in [6, 6.07) is 5.66. The number of halogens is 1. The number of carbonyl (C=O) groups is 1. The van der Waals surface area contributed by atoms with Crippen molar-refractivity contribution in [2.24, 2.45) is 0 Å². The zero-order valence-electron chi connectivity index (χ0n) is 13.9. The molecule has 0 unspecified atom stereocenters. The molecule has 0 atom stereocenters. The summed E-state index contributed by atoms with van der Waals surface area (Å²) in [6.07, 6.45) is 1.95. The first-order chi connectivity index (χ1) is 11.9. The Labute approximate surface area is 161 Å². The maximum atomic E-state index is 12.7. The second kappa shape index (κ2) is 7.31. The van der Waals surface area contributed by atoms with E-state index in [0.717, 1.165) is 15.7 Å². The summed E-state index contributed by atoms with van der Waals surface area (Å²) >= 11 is 6.25. The van der Waals surface area contributed by atoms with Crippen molar-refractivity contribution in [3.8, 4) is 0 Å². The third-order valence-electron chi connectivity index (χ3n) is 3.77. The van der Waals surface area contributed by atoms with Crippen molar-refractivity contribution in [2.45, 2.75) is 19.6 Å². The van der Waals surface area contributed by atoms with Gasteiger partial charge in [-0.25, -0.2) is 4.98 Å². The Morgan fingerprint density at radius 1 is 1.40 bits per heavy atom. The van der Waals surface area contributed by atoms with Crippen LogP contribution in [0.25, 0.3) is 10.2 Å². The van der Waals surface area contributed by atoms with Crippen LogP contribution in [0, 0.1) is 13.8 Å². The van der Waals surface area contributed by atoms with Crippen molar-refractivity contribution in [1.82, 2.24) is 9.97 Å². The van der Waals surface area contributed by atoms with E-state index in [0.29, 0.717) is 32.2 Å². The van der Waals surface area contributed by atoms with E-state index < -0.39 is 0 Å². The molecule has 2 aromatic heterocycles. The van der Waals surface area contributed by atoms with Gasteiger partial charge in [-0.15, -0.1) is 11.3 Å². The van der Waals surface area contributed by atoms with Crippen LogP contribution in [0.3, 0.4) is 0 Å². The quantitative estimate of drug-likeness (QED) is 0.630. The molecule has 2 heterocycles. The SMILES string of the molecule is CSCc1nc2sc(C(=O)Nc3ccc(Br)cc3C)c(C)c2c(=O)[nH]1. The van der Waals surface area contributed by atoms with E-state index in [1.54, 1.807) is 18.7 Å². The Morgan fingerprint density at radius 2 is 2.16 bits per heavy atom. The molecule has 0 radical (unpaired) electrons. The van der Waals surface area contributed by atoms with Gasteiger partial charge in [-0.1, -0.05) is 15.9 Å². The zero-order chi connectivity index (χ0) is 18.1. The summed E-state index contributed by atoms with van der Waals surface area (Å²) in [5, 5.41) is 3.41. The lowest BCUT2D eigenvalue weighted by Crippen LogP contribution is -2.13. The van der Waals surface area contributed by atoms with Crippen LogP contribution in [0.2, 0.25) is 0 Å². The molecule has 25 heavy (non-hydrogen) atoms. The highest BCUT2D eigenvalue weighted by atomic mass is 79.9. The van der Waals surface area contributed by atoms with Gasteiger partial charge in [-0.2, -0.15) is 11.8 Å². The number of aromatic amines is 1. The van der Waals surface area contributed by atoms with Gasteiger partial charge in [0.05, 0.1) is 16.0 Å². The van der Waals surface area contributed by atoms with Gasteiger partial charge in [-0.05, 0) is 49.4 Å². The van der Waals surface area contributed by atoms with Crippen LogP contribution in [0.4, 0.5) is 5.69 Å². The molecule has 0 aliphatic carbocycles. The average molecular weight is 438 g/mol. The number of carbonyl (C=O) groups excluding carboxylic acids is 1. The predicted octanol–water partition coefficient (Wildman–Crippen LogP) is 4.48. The van der Waals surface area contributed by atoms with E-state index in [4.69, 9.17) is 0 Å². The van der Waals surface area contributed by atoms with Crippen molar-refractivity contribution < 1.29 is 4.79 Å². The van der Waals surface area contributed by atoms with Crippen LogP contribution >= 0.6 is 39.0 Å². The van der Waals surface area contributed by atoms with Gasteiger partial charge in [0.2, 0.25) is 0 Å². The Morgan fingerprint density at radius 3 is 2.84 bits per heavy atom. The highest BCUT2D eigenvalue weighted by Crippen LogP contribution is 2.29. The largest absolute Gasteiger partial charge is 0.321 e. The third-order valence-corrected chi connectivity index (χ3v) is 6.01. The molecule has 1 aromatic carbocycles. The summed E-state index contributed by atoms with van der Waals surface area (Å²) < 4.78 is 0.957. The first kappa shape index (κ1) is 18.2. The number of hydrogen-bond acceptors (Lipinski definition) is 5. The number of nitrogens with zero attached hydrogens (tertiary/aromatic N) is 1. The lowest BCUT2D eigenvalue weighted by Gasteiger charge is -2.08. The van der Waals surface area contributed by atoms with Crippen LogP contribution in [0.15, 0.2) is 27.5 Å². The van der Waals surface area contributed by atoms with Crippen LogP contribution in [0.1, 0.15) is 26.6 Å². The first-order valence-corrected chi connectivity index (χ1v) is 10.5. The van der Waals surface area contributed by atoms with Crippen molar-refractivity contribution in [3.05, 3.63) is 54.9 Å². The molecule has 0 aliphatic rings. The number of hydrogen-bond donors (Lipinski definition) is 2. The molecule has 5 nitrogen and oxygen atoms in total. The molecule has 0 aliphatic heterocycles. The van der Waals surface area contributed by atoms with Gasteiger partial charge in [-0.3, -0.25) is 9.59 Å². The van der Waals surface area contributed by atoms with Crippen LogP contribution in [-0.2, 0) is 5.75 Å². The highest BCUT2D eigenvalue weighted by molar-refractivity contribution is 9.10. The molecule has 0 spiro atoms. The number of aromatic nitrogens is 2. The van der Waals surface area contributed by atoms with Crippen LogP contribution in [0.5, 0.6) is 0 Å². The number of aryl methyl sites for hydroxylation is 2. The maximum Gasteiger partial charge on any atom is 0.266 e. The fourth-order valence-corrected chi connectivity index (χ4v) is 4.54. The number of fused-ring (bicyclic) bond motifs is 1. The number of rotatable bonds is 4. The van der Waals surface area contributed by atoms with E-state index in [-0.39, 0.29) is 11.5 Å². The second-order valence-corrected chi connectivity index (χ2v) is 8.38. The van der Waals surface area contributed by atoms with Gasteiger partial charge < -0.3 is 10.3 Å². The molecular weight excluding hydrogens is 422 g/mol. The molecule has 130 valence electrons. The monoisotopic (exact) mass is 437 g/mol. The summed E-state index contributed by atoms with van der Waals surface area (Å²) in [7, 11) is 0. The number of thioether (sulfide) groups is 1. The molecule has 0 bridgehead atoms. The molecule has 3 rings (SSSR count). The normalized spacial score (nSPS) is 11.0. The number of thiophene rings is 1. The summed E-state index contributed by atoms with van der Waals surface area (Å²) in [4.78, 5) is 33.4. The Hall–Kier alpha value is -1.64. The fourth-order valence-electron chi connectivity index (χ4n) is 2.56. The minimum atomic E-state index is -0.225. The molecule has 0 saturated carbocycles. The molecule has 8 heteroatoms. The lowest BCUT2D eigenvalue weighted by molar-refractivity contribution is 0.103. The van der Waals surface area contributed by atoms with E-state index in [9.17, 15) is 9.59 Å². The fraction of sp³-hybridized carbons (Fsp3) is 0.235. The molecule has 0 fully saturated rings. The molecular formula is C17H16BrN3O2S2. The minimum Gasteiger partial charge on any atom is -0.321 e. The smallest absolute Gasteiger partial charge is 0.266 e. The van der Waals surface area contributed by atoms with Crippen LogP contribution < -0.4 is 10.9 Å². The number of H-pyrrole nitrogens is 1. The van der Waals surface area contributed by atoms with E-state index in [1.165, 1.54) is 11.3 Å². The molecule has 3 aromatic rings. The standard InChI is InChI=1S/C17H16BrN3O2S2/c1-8-6-10(18)4-5-11(8)19-16(23)14-9(2)13-15(22)20-12(7-24-3)21-17(13)25-14/h4-6H,7H2,1-3H3,(H,19,23)(H,20,21,22). The van der Waals surface area contributed by atoms with Crippen molar-refractivity contribution >= 4 is 60.8 Å². The second-order valence-electron chi connectivity index (χ2n) is 5.60. The zero-order valence-corrected chi connectivity index (χ0v) is 17.1. The van der Waals surface area contributed by atoms with Gasteiger partial charge in [0.1, 0.15) is 10.7 Å². The topological polar surface area (TPSA) is 74.8 Å². The minimum absolute atomic E-state index is 0.193. The van der Waals surface area contributed by atoms with E-state index in [2.05, 4.69) is 31.2 Å². The Bertz CT molecular complexity index is 1030. The first-order valence-electron chi connectivity index (χ1n) is 7.49. The van der Waals surface area contributed by atoms with Gasteiger partial charge in [0.25, 0.3) is 11.5 Å². The average Bonchev–Trinajstić information content (AvgIpc) is 2.88. The highest BCUT2D eigenvalue weighted by Gasteiger charge is 2.19. The van der Waals surface area contributed by atoms with Gasteiger partial charge in [0.15, 0.2) is 0 Å². The van der Waals surface area contributed by atoms with Gasteiger partial charge >= 0.3 is 0 Å². The Balaban J connectivity index is 2.00. The van der Waals surface area contributed by atoms with Crippen LogP contribution in [-0.4, -0.2) is 22.1 Å². The predicted molar refractivity (Wildman–Crippen MR) is 109 cm³/mol.